The summed E-state index contributed by atoms with van der Waals surface area (Å²) in [5.74, 6) is -0.0552. The number of benzene rings is 1. The number of carboxylic acids is 1. The second kappa shape index (κ2) is 7.37. The van der Waals surface area contributed by atoms with Gasteiger partial charge in [-0.1, -0.05) is 0 Å². The first-order valence-corrected chi connectivity index (χ1v) is 6.20. The van der Waals surface area contributed by atoms with Gasteiger partial charge in [-0.25, -0.2) is 0 Å². The van der Waals surface area contributed by atoms with E-state index in [-0.39, 0.29) is 12.3 Å². The lowest BCUT2D eigenvalue weighted by molar-refractivity contribution is -0.141. The number of rotatable bonds is 7. The Morgan fingerprint density at radius 3 is 2.20 bits per heavy atom. The Balaban J connectivity index is 2.60. The lowest BCUT2D eigenvalue weighted by Crippen LogP contribution is -2.38. The van der Waals surface area contributed by atoms with Crippen molar-refractivity contribution in [3.8, 4) is 11.5 Å². The Bertz CT molecular complexity index is 464. The van der Waals surface area contributed by atoms with Gasteiger partial charge in [-0.2, -0.15) is 0 Å². The largest absolute Gasteiger partial charge is 0.497 e. The van der Waals surface area contributed by atoms with Crippen molar-refractivity contribution in [1.29, 1.82) is 0 Å². The minimum atomic E-state index is -1.05. The molecule has 0 unspecified atom stereocenters. The van der Waals surface area contributed by atoms with Crippen LogP contribution in [-0.2, 0) is 16.0 Å². The van der Waals surface area contributed by atoms with Crippen LogP contribution in [0.25, 0.3) is 0 Å². The fourth-order valence-electron chi connectivity index (χ4n) is 1.64. The molecule has 1 amide bonds. The topological polar surface area (TPSA) is 84.9 Å². The maximum Gasteiger partial charge on any atom is 0.325 e. The van der Waals surface area contributed by atoms with Crippen LogP contribution in [-0.4, -0.2) is 37.2 Å². The molecule has 1 rings (SSSR count). The van der Waals surface area contributed by atoms with Crippen LogP contribution >= 0.6 is 0 Å². The van der Waals surface area contributed by atoms with Crippen molar-refractivity contribution in [2.45, 2.75) is 25.8 Å². The highest BCUT2D eigenvalue weighted by molar-refractivity contribution is 5.83. The SMILES string of the molecule is COc1cc(CCC(=O)N[C@H](C)C(=O)O)cc(OC)c1. The van der Waals surface area contributed by atoms with Crippen LogP contribution < -0.4 is 14.8 Å². The molecule has 0 aliphatic carbocycles. The van der Waals surface area contributed by atoms with Gasteiger partial charge < -0.3 is 19.9 Å². The van der Waals surface area contributed by atoms with Gasteiger partial charge in [-0.05, 0) is 31.0 Å². The Morgan fingerprint density at radius 2 is 1.75 bits per heavy atom. The van der Waals surface area contributed by atoms with Crippen molar-refractivity contribution in [2.24, 2.45) is 0 Å². The monoisotopic (exact) mass is 281 g/mol. The van der Waals surface area contributed by atoms with E-state index in [0.717, 1.165) is 5.56 Å². The minimum Gasteiger partial charge on any atom is -0.497 e. The van der Waals surface area contributed by atoms with E-state index in [4.69, 9.17) is 14.6 Å². The number of ether oxygens (including phenoxy) is 2. The van der Waals surface area contributed by atoms with Crippen LogP contribution in [0.4, 0.5) is 0 Å². The van der Waals surface area contributed by atoms with Crippen LogP contribution in [0.15, 0.2) is 18.2 Å². The molecule has 6 heteroatoms. The van der Waals surface area contributed by atoms with E-state index in [2.05, 4.69) is 5.32 Å². The summed E-state index contributed by atoms with van der Waals surface area (Å²) in [5, 5.41) is 11.1. The Labute approximate surface area is 117 Å². The van der Waals surface area contributed by atoms with Crippen molar-refractivity contribution in [2.75, 3.05) is 14.2 Å². The molecular formula is C14H19NO5. The van der Waals surface area contributed by atoms with Crippen molar-refractivity contribution >= 4 is 11.9 Å². The Morgan fingerprint density at radius 1 is 1.20 bits per heavy atom. The lowest BCUT2D eigenvalue weighted by atomic mass is 10.1. The molecule has 0 aliphatic heterocycles. The number of hydrogen-bond donors (Lipinski definition) is 2. The average molecular weight is 281 g/mol. The molecule has 1 aromatic carbocycles. The maximum atomic E-state index is 11.6. The van der Waals surface area contributed by atoms with Crippen LogP contribution in [0.2, 0.25) is 0 Å². The summed E-state index contributed by atoms with van der Waals surface area (Å²) in [6.45, 7) is 1.43. The summed E-state index contributed by atoms with van der Waals surface area (Å²) in [6, 6.07) is 4.49. The van der Waals surface area contributed by atoms with Crippen LogP contribution in [0.5, 0.6) is 11.5 Å². The van der Waals surface area contributed by atoms with Gasteiger partial charge in [0.25, 0.3) is 0 Å². The van der Waals surface area contributed by atoms with E-state index in [1.807, 2.05) is 12.1 Å². The van der Waals surface area contributed by atoms with Crippen molar-refractivity contribution in [1.82, 2.24) is 5.32 Å². The summed E-state index contributed by atoms with van der Waals surface area (Å²) in [4.78, 5) is 22.2. The molecular weight excluding hydrogens is 262 g/mol. The number of aryl methyl sites for hydroxylation is 1. The quantitative estimate of drug-likeness (QED) is 0.785. The molecule has 0 aliphatic rings. The number of carboxylic acid groups (broad SMARTS) is 1. The average Bonchev–Trinajstić information content (AvgIpc) is 2.44. The normalized spacial score (nSPS) is 11.6. The van der Waals surface area contributed by atoms with Gasteiger partial charge in [-0.15, -0.1) is 0 Å². The van der Waals surface area contributed by atoms with Crippen LogP contribution in [0.3, 0.4) is 0 Å². The predicted octanol–water partition coefficient (Wildman–Crippen LogP) is 1.23. The van der Waals surface area contributed by atoms with Crippen LogP contribution in [0.1, 0.15) is 18.9 Å². The second-order valence-corrected chi connectivity index (χ2v) is 4.35. The predicted molar refractivity (Wildman–Crippen MR) is 73.1 cm³/mol. The van der Waals surface area contributed by atoms with E-state index < -0.39 is 12.0 Å². The number of methoxy groups -OCH3 is 2. The van der Waals surface area contributed by atoms with Crippen LogP contribution in [0, 0.1) is 0 Å². The van der Waals surface area contributed by atoms with Gasteiger partial charge in [0.1, 0.15) is 17.5 Å². The smallest absolute Gasteiger partial charge is 0.325 e. The van der Waals surface area contributed by atoms with Gasteiger partial charge in [0, 0.05) is 12.5 Å². The number of aliphatic carboxylic acids is 1. The zero-order chi connectivity index (χ0) is 15.1. The van der Waals surface area contributed by atoms with Gasteiger partial charge >= 0.3 is 5.97 Å². The molecule has 0 spiro atoms. The summed E-state index contributed by atoms with van der Waals surface area (Å²) in [5.41, 5.74) is 0.888. The zero-order valence-corrected chi connectivity index (χ0v) is 11.8. The van der Waals surface area contributed by atoms with Crippen molar-refractivity contribution in [3.63, 3.8) is 0 Å². The summed E-state index contributed by atoms with van der Waals surface area (Å²) in [7, 11) is 3.11. The lowest BCUT2D eigenvalue weighted by Gasteiger charge is -2.10. The first-order chi connectivity index (χ1) is 9.46. The highest BCUT2D eigenvalue weighted by atomic mass is 16.5. The molecule has 0 saturated heterocycles. The molecule has 6 nitrogen and oxygen atoms in total. The van der Waals surface area contributed by atoms with E-state index in [0.29, 0.717) is 17.9 Å². The molecule has 110 valence electrons. The fourth-order valence-corrected chi connectivity index (χ4v) is 1.64. The number of amides is 1. The zero-order valence-electron chi connectivity index (χ0n) is 11.8. The third kappa shape index (κ3) is 4.79. The highest BCUT2D eigenvalue weighted by Crippen LogP contribution is 2.23. The van der Waals surface area contributed by atoms with Gasteiger partial charge in [0.15, 0.2) is 0 Å². The van der Waals surface area contributed by atoms with Crippen molar-refractivity contribution < 1.29 is 24.2 Å². The minimum absolute atomic E-state index is 0.202. The van der Waals surface area contributed by atoms with E-state index in [9.17, 15) is 9.59 Å². The molecule has 0 fully saturated rings. The number of nitrogens with one attached hydrogen (secondary N) is 1. The Kier molecular flexibility index (Phi) is 5.83. The molecule has 20 heavy (non-hydrogen) atoms. The molecule has 0 bridgehead atoms. The summed E-state index contributed by atoms with van der Waals surface area (Å²) >= 11 is 0. The number of hydrogen-bond acceptors (Lipinski definition) is 4. The highest BCUT2D eigenvalue weighted by Gasteiger charge is 2.13. The molecule has 0 radical (unpaired) electrons. The van der Waals surface area contributed by atoms with Gasteiger partial charge in [0.05, 0.1) is 14.2 Å². The molecule has 2 N–H and O–H groups in total. The van der Waals surface area contributed by atoms with Crippen molar-refractivity contribution in [3.05, 3.63) is 23.8 Å². The number of carbonyl (C=O) groups excluding carboxylic acids is 1. The molecule has 1 atom stereocenters. The van der Waals surface area contributed by atoms with E-state index >= 15 is 0 Å². The molecule has 1 aromatic rings. The van der Waals surface area contributed by atoms with E-state index in [1.165, 1.54) is 6.92 Å². The second-order valence-electron chi connectivity index (χ2n) is 4.35. The fraction of sp³-hybridized carbons (Fsp3) is 0.429. The standard InChI is InChI=1S/C14H19NO5/c1-9(14(17)18)15-13(16)5-4-10-6-11(19-2)8-12(7-10)20-3/h6-9H,4-5H2,1-3H3,(H,15,16)(H,17,18)/t9-/m1/s1. The molecule has 0 aromatic heterocycles. The maximum absolute atomic E-state index is 11.6. The van der Waals surface area contributed by atoms with Gasteiger partial charge in [0.2, 0.25) is 5.91 Å². The number of carbonyl (C=O) groups is 2. The summed E-state index contributed by atoms with van der Waals surface area (Å²) < 4.78 is 10.3. The molecule has 0 saturated carbocycles. The first-order valence-electron chi connectivity index (χ1n) is 6.20. The van der Waals surface area contributed by atoms with Gasteiger partial charge in [-0.3, -0.25) is 9.59 Å². The third-order valence-electron chi connectivity index (χ3n) is 2.80. The Hall–Kier alpha value is -2.24. The first kappa shape index (κ1) is 15.8. The molecule has 0 heterocycles. The van der Waals surface area contributed by atoms with E-state index in [1.54, 1.807) is 20.3 Å². The third-order valence-corrected chi connectivity index (χ3v) is 2.80. The summed E-state index contributed by atoms with van der Waals surface area (Å²) in [6.07, 6.45) is 0.680.